The van der Waals surface area contributed by atoms with Crippen molar-refractivity contribution in [3.05, 3.63) is 0 Å². The second-order valence-corrected chi connectivity index (χ2v) is 6.34. The van der Waals surface area contributed by atoms with Gasteiger partial charge in [-0.05, 0) is 62.2 Å². The molecule has 0 aromatic carbocycles. The van der Waals surface area contributed by atoms with Crippen LogP contribution in [0.3, 0.4) is 0 Å². The van der Waals surface area contributed by atoms with Gasteiger partial charge in [0.15, 0.2) is 0 Å². The highest BCUT2D eigenvalue weighted by molar-refractivity contribution is 5.04. The van der Waals surface area contributed by atoms with Crippen molar-refractivity contribution >= 4 is 0 Å². The molecule has 1 nitrogen and oxygen atoms in total. The van der Waals surface area contributed by atoms with Crippen molar-refractivity contribution in [1.29, 1.82) is 0 Å². The number of hydrogen-bond donors (Lipinski definition) is 1. The average Bonchev–Trinajstić information content (AvgIpc) is 2.26. The monoisotopic (exact) mass is 193 g/mol. The van der Waals surface area contributed by atoms with Crippen LogP contribution in [0.1, 0.15) is 51.9 Å². The molecule has 4 rings (SSSR count). The van der Waals surface area contributed by atoms with Gasteiger partial charge in [-0.15, -0.1) is 0 Å². The lowest BCUT2D eigenvalue weighted by Crippen LogP contribution is -2.50. The Morgan fingerprint density at radius 2 is 1.79 bits per heavy atom. The van der Waals surface area contributed by atoms with Crippen LogP contribution in [0, 0.1) is 23.7 Å². The van der Waals surface area contributed by atoms with Crippen LogP contribution >= 0.6 is 0 Å². The van der Waals surface area contributed by atoms with Gasteiger partial charge in [-0.2, -0.15) is 0 Å². The van der Waals surface area contributed by atoms with Crippen LogP contribution in [0.15, 0.2) is 0 Å². The Bertz CT molecular complexity index is 237. The van der Waals surface area contributed by atoms with Gasteiger partial charge >= 0.3 is 0 Å². The summed E-state index contributed by atoms with van der Waals surface area (Å²) >= 11 is 0. The van der Waals surface area contributed by atoms with Crippen LogP contribution in [0.5, 0.6) is 0 Å². The molecule has 5 atom stereocenters. The third kappa shape index (κ3) is 1.32. The van der Waals surface area contributed by atoms with Gasteiger partial charge in [0.05, 0.1) is 0 Å². The number of rotatable bonds is 1. The molecule has 4 aliphatic carbocycles. The van der Waals surface area contributed by atoms with Gasteiger partial charge in [0.2, 0.25) is 0 Å². The molecule has 80 valence electrons. The quantitative estimate of drug-likeness (QED) is 0.681. The average molecular weight is 193 g/mol. The van der Waals surface area contributed by atoms with Crippen molar-refractivity contribution < 1.29 is 0 Å². The second kappa shape index (κ2) is 2.98. The van der Waals surface area contributed by atoms with E-state index in [4.69, 9.17) is 5.73 Å². The molecule has 0 heterocycles. The van der Waals surface area contributed by atoms with Gasteiger partial charge in [0.25, 0.3) is 0 Å². The number of fused-ring (bicyclic) bond motifs is 1. The minimum Gasteiger partial charge on any atom is -0.325 e. The number of hydrogen-bond acceptors (Lipinski definition) is 1. The van der Waals surface area contributed by atoms with Crippen molar-refractivity contribution in [1.82, 2.24) is 0 Å². The van der Waals surface area contributed by atoms with Gasteiger partial charge in [-0.1, -0.05) is 13.3 Å². The first-order chi connectivity index (χ1) is 6.68. The zero-order valence-electron chi connectivity index (χ0n) is 9.34. The largest absolute Gasteiger partial charge is 0.325 e. The van der Waals surface area contributed by atoms with Crippen LogP contribution in [-0.2, 0) is 0 Å². The predicted octanol–water partition coefficient (Wildman–Crippen LogP) is 2.94. The van der Waals surface area contributed by atoms with Crippen molar-refractivity contribution in [2.45, 2.75) is 57.4 Å². The third-order valence-electron chi connectivity index (χ3n) is 5.19. The van der Waals surface area contributed by atoms with Crippen molar-refractivity contribution in [3.63, 3.8) is 0 Å². The molecule has 0 saturated heterocycles. The Balaban J connectivity index is 1.91. The Hall–Kier alpha value is -0.0400. The maximum atomic E-state index is 6.54. The van der Waals surface area contributed by atoms with Gasteiger partial charge < -0.3 is 5.73 Å². The highest BCUT2D eigenvalue weighted by atomic mass is 14.8. The lowest BCUT2D eigenvalue weighted by Gasteiger charge is -2.46. The molecule has 2 N–H and O–H groups in total. The molecular weight excluding hydrogens is 170 g/mol. The van der Waals surface area contributed by atoms with E-state index in [1.807, 2.05) is 0 Å². The van der Waals surface area contributed by atoms with Crippen molar-refractivity contribution in [3.8, 4) is 0 Å². The molecule has 4 fully saturated rings. The molecule has 1 heteroatoms. The lowest BCUT2D eigenvalue weighted by atomic mass is 9.63. The minimum absolute atomic E-state index is 0.264. The minimum atomic E-state index is 0.264. The molecule has 0 aromatic heterocycles. The smallest absolute Gasteiger partial charge is 0.0162 e. The van der Waals surface area contributed by atoms with E-state index in [1.165, 1.54) is 44.9 Å². The molecule has 0 spiro atoms. The fourth-order valence-corrected chi connectivity index (χ4v) is 4.91. The molecule has 4 saturated carbocycles. The maximum absolute atomic E-state index is 6.54. The Kier molecular flexibility index (Phi) is 1.96. The van der Waals surface area contributed by atoms with E-state index in [1.54, 1.807) is 0 Å². The zero-order valence-corrected chi connectivity index (χ0v) is 9.34. The highest BCUT2D eigenvalue weighted by Gasteiger charge is 2.48. The zero-order chi connectivity index (χ0) is 9.76. The summed E-state index contributed by atoms with van der Waals surface area (Å²) in [6.45, 7) is 2.38. The summed E-state index contributed by atoms with van der Waals surface area (Å²) in [7, 11) is 0. The molecule has 0 radical (unpaired) electrons. The highest BCUT2D eigenvalue weighted by Crippen LogP contribution is 2.54. The van der Waals surface area contributed by atoms with E-state index >= 15 is 0 Å². The summed E-state index contributed by atoms with van der Waals surface area (Å²) in [6, 6.07) is 0. The third-order valence-corrected chi connectivity index (χ3v) is 5.19. The van der Waals surface area contributed by atoms with Gasteiger partial charge in [-0.25, -0.2) is 0 Å². The van der Waals surface area contributed by atoms with E-state index in [-0.39, 0.29) is 5.54 Å². The van der Waals surface area contributed by atoms with Crippen LogP contribution in [0.2, 0.25) is 0 Å². The molecule has 0 aliphatic heterocycles. The van der Waals surface area contributed by atoms with Crippen molar-refractivity contribution in [2.75, 3.05) is 0 Å². The van der Waals surface area contributed by atoms with Crippen LogP contribution < -0.4 is 5.73 Å². The van der Waals surface area contributed by atoms with Gasteiger partial charge in [-0.3, -0.25) is 0 Å². The molecular formula is C13H23N. The van der Waals surface area contributed by atoms with Gasteiger partial charge in [0, 0.05) is 5.54 Å². The lowest BCUT2D eigenvalue weighted by molar-refractivity contribution is 0.0965. The summed E-state index contributed by atoms with van der Waals surface area (Å²) in [5, 5.41) is 0. The van der Waals surface area contributed by atoms with Crippen LogP contribution in [0.4, 0.5) is 0 Å². The molecule has 5 unspecified atom stereocenters. The van der Waals surface area contributed by atoms with E-state index in [2.05, 4.69) is 6.92 Å². The fourth-order valence-electron chi connectivity index (χ4n) is 4.91. The van der Waals surface area contributed by atoms with Crippen molar-refractivity contribution in [2.24, 2.45) is 29.4 Å². The first-order valence-corrected chi connectivity index (χ1v) is 6.47. The van der Waals surface area contributed by atoms with E-state index in [0.717, 1.165) is 23.7 Å². The first-order valence-electron chi connectivity index (χ1n) is 6.47. The van der Waals surface area contributed by atoms with E-state index in [9.17, 15) is 0 Å². The molecule has 4 bridgehead atoms. The SMILES string of the molecule is CCC1CC2CC3CC1CC(N)(C2)C3. The topological polar surface area (TPSA) is 26.0 Å². The van der Waals surface area contributed by atoms with E-state index < -0.39 is 0 Å². The second-order valence-electron chi connectivity index (χ2n) is 6.34. The summed E-state index contributed by atoms with van der Waals surface area (Å²) in [5.41, 5.74) is 6.80. The predicted molar refractivity (Wildman–Crippen MR) is 58.9 cm³/mol. The molecule has 0 aromatic rings. The molecule has 0 amide bonds. The molecule has 14 heavy (non-hydrogen) atoms. The standard InChI is InChI=1S/C13H23N/c1-2-11-4-9-3-10-5-12(11)8-13(14,6-9)7-10/h9-12H,2-8,14H2,1H3. The fraction of sp³-hybridized carbons (Fsp3) is 1.00. The summed E-state index contributed by atoms with van der Waals surface area (Å²) in [4.78, 5) is 0. The number of nitrogens with two attached hydrogens (primary N) is 1. The summed E-state index contributed by atoms with van der Waals surface area (Å²) < 4.78 is 0. The Morgan fingerprint density at radius 1 is 1.07 bits per heavy atom. The van der Waals surface area contributed by atoms with Crippen LogP contribution in [0.25, 0.3) is 0 Å². The summed E-state index contributed by atoms with van der Waals surface area (Å²) in [5.74, 6) is 3.97. The van der Waals surface area contributed by atoms with Crippen LogP contribution in [-0.4, -0.2) is 5.54 Å². The normalized spacial score (nSPS) is 56.1. The van der Waals surface area contributed by atoms with Gasteiger partial charge in [0.1, 0.15) is 0 Å². The molecule has 4 aliphatic rings. The summed E-state index contributed by atoms with van der Waals surface area (Å²) in [6.07, 6.45) is 9.94. The first kappa shape index (κ1) is 9.21. The maximum Gasteiger partial charge on any atom is 0.0162 e. The Labute approximate surface area is 87.4 Å². The Morgan fingerprint density at radius 3 is 2.43 bits per heavy atom. The van der Waals surface area contributed by atoms with E-state index in [0.29, 0.717) is 0 Å².